The van der Waals surface area contributed by atoms with E-state index < -0.39 is 22.2 Å². The van der Waals surface area contributed by atoms with Crippen LogP contribution in [0, 0.1) is 23.2 Å². The third-order valence-corrected chi connectivity index (χ3v) is 24.3. The maximum atomic E-state index is 12.9. The average Bonchev–Trinajstić information content (AvgIpc) is 3.60. The fourth-order valence-corrected chi connectivity index (χ4v) is 12.6. The highest BCUT2D eigenvalue weighted by atomic mass is 28.4. The molecule has 1 saturated heterocycles. The summed E-state index contributed by atoms with van der Waals surface area (Å²) in [6, 6.07) is 10.6. The van der Waals surface area contributed by atoms with Crippen LogP contribution in [0.3, 0.4) is 0 Å². The number of hydrogen-bond donors (Lipinski definition) is 0. The quantitative estimate of drug-likeness (QED) is 0.164. The van der Waals surface area contributed by atoms with Crippen LogP contribution in [0.2, 0.25) is 36.3 Å². The largest absolute Gasteiger partial charge is 0.467 e. The van der Waals surface area contributed by atoms with Gasteiger partial charge in [-0.3, -0.25) is 4.84 Å². The van der Waals surface area contributed by atoms with E-state index in [4.69, 9.17) is 25.0 Å². The van der Waals surface area contributed by atoms with E-state index in [-0.39, 0.29) is 39.7 Å². The molecule has 55 heavy (non-hydrogen) atoms. The molecule has 4 fully saturated rings. The molecule has 4 aliphatic rings. The van der Waals surface area contributed by atoms with Gasteiger partial charge in [0, 0.05) is 25.4 Å². The van der Waals surface area contributed by atoms with Crippen molar-refractivity contribution in [3.8, 4) is 0 Å². The van der Waals surface area contributed by atoms with Crippen molar-refractivity contribution in [3.63, 3.8) is 0 Å². The Hall–Kier alpha value is -1.82. The Kier molecular flexibility index (Phi) is 13.2. The van der Waals surface area contributed by atoms with Gasteiger partial charge in [-0.2, -0.15) is 5.06 Å². The molecule has 1 aliphatic heterocycles. The van der Waals surface area contributed by atoms with Gasteiger partial charge < -0.3 is 13.6 Å². The summed E-state index contributed by atoms with van der Waals surface area (Å²) in [4.78, 5) is 19.4. The molecular formula is C47H77NO5Si2. The molecule has 0 aromatic heterocycles. The van der Waals surface area contributed by atoms with Crippen LogP contribution in [0.5, 0.6) is 0 Å². The van der Waals surface area contributed by atoms with E-state index in [1.807, 2.05) is 13.0 Å². The number of carbonyl (C=O) groups is 1. The van der Waals surface area contributed by atoms with Crippen molar-refractivity contribution in [2.24, 2.45) is 23.2 Å². The van der Waals surface area contributed by atoms with Crippen LogP contribution >= 0.6 is 0 Å². The first-order chi connectivity index (χ1) is 25.4. The van der Waals surface area contributed by atoms with Gasteiger partial charge in [0.2, 0.25) is 0 Å². The van der Waals surface area contributed by atoms with Gasteiger partial charge in [0.15, 0.2) is 22.2 Å². The van der Waals surface area contributed by atoms with Crippen molar-refractivity contribution < 1.29 is 23.2 Å². The zero-order valence-corrected chi connectivity index (χ0v) is 39.3. The van der Waals surface area contributed by atoms with E-state index in [1.165, 1.54) is 50.4 Å². The summed E-state index contributed by atoms with van der Waals surface area (Å²) in [6.07, 6.45) is 14.7. The van der Waals surface area contributed by atoms with Crippen LogP contribution in [0.25, 0.3) is 0 Å². The normalized spacial score (nSPS) is 33.3. The molecule has 6 nitrogen and oxygen atoms in total. The van der Waals surface area contributed by atoms with Crippen molar-refractivity contribution in [1.29, 1.82) is 0 Å². The van der Waals surface area contributed by atoms with Gasteiger partial charge in [-0.25, -0.2) is 4.79 Å². The number of ether oxygens (including phenoxy) is 1. The lowest BCUT2D eigenvalue weighted by molar-refractivity contribution is -0.220. The first kappa shape index (κ1) is 44.3. The number of nitrogens with zero attached hydrogens (tertiary/aromatic N) is 1. The van der Waals surface area contributed by atoms with Gasteiger partial charge in [-0.05, 0) is 128 Å². The van der Waals surface area contributed by atoms with Crippen LogP contribution in [0.15, 0.2) is 65.8 Å². The average molecular weight is 792 g/mol. The van der Waals surface area contributed by atoms with Crippen LogP contribution in [0.1, 0.15) is 126 Å². The van der Waals surface area contributed by atoms with Gasteiger partial charge >= 0.3 is 5.97 Å². The molecule has 0 spiro atoms. The van der Waals surface area contributed by atoms with Gasteiger partial charge in [-0.15, -0.1) is 0 Å². The van der Waals surface area contributed by atoms with Gasteiger partial charge in [0.1, 0.15) is 0 Å². The number of fused-ring (bicyclic) bond motifs is 1. The van der Waals surface area contributed by atoms with Gasteiger partial charge in [0.05, 0.1) is 19.3 Å². The molecule has 0 N–H and O–H groups in total. The van der Waals surface area contributed by atoms with Crippen LogP contribution in [-0.2, 0) is 29.8 Å². The van der Waals surface area contributed by atoms with E-state index in [2.05, 4.69) is 123 Å². The van der Waals surface area contributed by atoms with Crippen molar-refractivity contribution >= 4 is 22.6 Å². The lowest BCUT2D eigenvalue weighted by Gasteiger charge is -2.46. The Bertz CT molecular complexity index is 1590. The van der Waals surface area contributed by atoms with Gasteiger partial charge in [0.25, 0.3) is 0 Å². The number of benzene rings is 1. The zero-order chi connectivity index (χ0) is 40.8. The molecule has 1 aromatic rings. The third kappa shape index (κ3) is 9.57. The standard InChI is InChI=1S/C47H77NO5Si2/c1-33(28-38-31-47(10,43(49)50-11)53-48(38)32-35-20-17-16-18-21-35)40-25-26-41-36(22-19-27-46(40,41)9)23-24-37-29-39(51-54(12,13)44(3,4)5)30-42(34(37)2)52-55(14,15)45(6,7)8/h16-18,20-21,23-24,33,38-42H,2,19,22,25-32H2,1,3-15H3/b36-23+,37-24-/t33-,38?,39-,40-,41+,42+,46-,47?/m1/s1. The SMILES string of the molecule is C=C1/C(=C\C=C2/CCC[C@]3(C)[C@@H]([C@H](C)CC4CC(C)(C(=O)OC)ON4Cc4ccccc4)CC[C@@H]23)C[C@@H](O[Si](C)(C)C(C)(C)C)C[C@@H]1O[Si](C)(C)C(C)(C)C. The number of methoxy groups -OCH3 is 1. The lowest BCUT2D eigenvalue weighted by Crippen LogP contribution is -2.49. The smallest absolute Gasteiger partial charge is 0.340 e. The predicted octanol–water partition coefficient (Wildman–Crippen LogP) is 12.4. The summed E-state index contributed by atoms with van der Waals surface area (Å²) in [6.45, 7) is 35.8. The molecule has 0 bridgehead atoms. The van der Waals surface area contributed by atoms with Crippen molar-refractivity contribution in [2.45, 2.75) is 187 Å². The van der Waals surface area contributed by atoms with Crippen LogP contribution in [0.4, 0.5) is 0 Å². The molecule has 8 heteroatoms. The van der Waals surface area contributed by atoms with Crippen molar-refractivity contribution in [3.05, 3.63) is 71.3 Å². The zero-order valence-electron chi connectivity index (χ0n) is 37.3. The number of rotatable bonds is 11. The maximum absolute atomic E-state index is 12.9. The second-order valence-electron chi connectivity index (χ2n) is 21.3. The van der Waals surface area contributed by atoms with Crippen LogP contribution < -0.4 is 0 Å². The Morgan fingerprint density at radius 2 is 1.64 bits per heavy atom. The highest BCUT2D eigenvalue weighted by Crippen LogP contribution is 2.60. The molecular weight excluding hydrogens is 715 g/mol. The van der Waals surface area contributed by atoms with Crippen molar-refractivity contribution in [1.82, 2.24) is 5.06 Å². The summed E-state index contributed by atoms with van der Waals surface area (Å²) < 4.78 is 19.5. The van der Waals surface area contributed by atoms with E-state index in [0.29, 0.717) is 30.7 Å². The monoisotopic (exact) mass is 792 g/mol. The predicted molar refractivity (Wildman–Crippen MR) is 233 cm³/mol. The van der Waals surface area contributed by atoms with E-state index in [9.17, 15) is 4.79 Å². The molecule has 2 unspecified atom stereocenters. The molecule has 1 heterocycles. The van der Waals surface area contributed by atoms with E-state index >= 15 is 0 Å². The number of hydrogen-bond acceptors (Lipinski definition) is 6. The Labute approximate surface area is 338 Å². The first-order valence-corrected chi connectivity index (χ1v) is 27.2. The summed E-state index contributed by atoms with van der Waals surface area (Å²) in [7, 11) is -2.54. The topological polar surface area (TPSA) is 57.2 Å². The molecule has 3 saturated carbocycles. The number of hydroxylamine groups is 2. The summed E-state index contributed by atoms with van der Waals surface area (Å²) in [5.74, 6) is 1.41. The number of allylic oxidation sites excluding steroid dienone is 3. The first-order valence-electron chi connectivity index (χ1n) is 21.4. The molecule has 8 atom stereocenters. The number of esters is 1. The summed E-state index contributed by atoms with van der Waals surface area (Å²) in [5.41, 5.74) is 4.57. The van der Waals surface area contributed by atoms with Gasteiger partial charge in [-0.1, -0.05) is 110 Å². The second-order valence-corrected chi connectivity index (χ2v) is 30.8. The fraction of sp³-hybridized carbons (Fsp3) is 0.723. The van der Waals surface area contributed by atoms with E-state index in [0.717, 1.165) is 24.8 Å². The highest BCUT2D eigenvalue weighted by Gasteiger charge is 2.54. The highest BCUT2D eigenvalue weighted by molar-refractivity contribution is 6.74. The Morgan fingerprint density at radius 1 is 1.00 bits per heavy atom. The van der Waals surface area contributed by atoms with E-state index in [1.54, 1.807) is 5.57 Å². The minimum atomic E-state index is -2.03. The number of carbonyl (C=O) groups excluding carboxylic acids is 1. The molecule has 0 radical (unpaired) electrons. The maximum Gasteiger partial charge on any atom is 0.340 e. The lowest BCUT2D eigenvalue weighted by atomic mass is 9.60. The fourth-order valence-electron chi connectivity index (χ4n) is 9.96. The minimum Gasteiger partial charge on any atom is -0.467 e. The van der Waals surface area contributed by atoms with Crippen molar-refractivity contribution in [2.75, 3.05) is 7.11 Å². The Morgan fingerprint density at radius 3 is 2.25 bits per heavy atom. The molecule has 308 valence electrons. The molecule has 3 aliphatic carbocycles. The minimum absolute atomic E-state index is 0.00976. The second kappa shape index (κ2) is 16.4. The third-order valence-electron chi connectivity index (χ3n) is 15.3. The Balaban J connectivity index is 1.36. The molecule has 5 rings (SSSR count). The summed E-state index contributed by atoms with van der Waals surface area (Å²) >= 11 is 0. The van der Waals surface area contributed by atoms with Crippen LogP contribution in [-0.4, -0.2) is 58.6 Å². The summed E-state index contributed by atoms with van der Waals surface area (Å²) in [5, 5.41) is 2.36. The molecule has 1 aromatic carbocycles. The molecule has 0 amide bonds.